The van der Waals surface area contributed by atoms with Crippen LogP contribution < -0.4 is 26.8 Å². The molecular formula is C29H35N5O3. The van der Waals surface area contributed by atoms with Crippen LogP contribution in [0.2, 0.25) is 0 Å². The third-order valence-electron chi connectivity index (χ3n) is 6.08. The molecule has 8 nitrogen and oxygen atoms in total. The summed E-state index contributed by atoms with van der Waals surface area (Å²) in [5.41, 5.74) is 13.5. The molecule has 0 saturated heterocycles. The van der Waals surface area contributed by atoms with E-state index in [0.717, 1.165) is 22.4 Å². The van der Waals surface area contributed by atoms with Gasteiger partial charge in [0.25, 0.3) is 0 Å². The second kappa shape index (κ2) is 13.7. The van der Waals surface area contributed by atoms with Crippen LogP contribution in [0.1, 0.15) is 48.4 Å². The van der Waals surface area contributed by atoms with E-state index in [1.807, 2.05) is 91.9 Å². The Hall–Kier alpha value is -4.33. The van der Waals surface area contributed by atoms with Crippen molar-refractivity contribution in [3.05, 3.63) is 102 Å². The third kappa shape index (κ3) is 8.10. The van der Waals surface area contributed by atoms with Gasteiger partial charge in [-0.1, -0.05) is 72.8 Å². The van der Waals surface area contributed by atoms with Crippen molar-refractivity contribution < 1.29 is 14.3 Å². The molecule has 0 bridgehead atoms. The van der Waals surface area contributed by atoms with Crippen molar-refractivity contribution in [1.82, 2.24) is 10.6 Å². The Labute approximate surface area is 218 Å². The maximum Gasteiger partial charge on any atom is 0.243 e. The zero-order valence-electron chi connectivity index (χ0n) is 21.3. The van der Waals surface area contributed by atoms with Gasteiger partial charge in [-0.05, 0) is 48.6 Å². The number of nitrogens with two attached hydrogens (primary N) is 2. The number of amides is 2. The molecule has 0 unspecified atom stereocenters. The monoisotopic (exact) mass is 501 g/mol. The fraction of sp³-hybridized carbons (Fsp3) is 0.276. The molecule has 2 atom stereocenters. The summed E-state index contributed by atoms with van der Waals surface area (Å²) in [6.07, 6.45) is 0.897. The summed E-state index contributed by atoms with van der Waals surface area (Å²) in [4.78, 5) is 31.0. The Balaban J connectivity index is 1.80. The third-order valence-corrected chi connectivity index (χ3v) is 6.08. The molecular weight excluding hydrogens is 466 g/mol. The molecule has 3 aromatic carbocycles. The number of benzene rings is 3. The van der Waals surface area contributed by atoms with Crippen molar-refractivity contribution in [3.8, 4) is 5.75 Å². The minimum absolute atomic E-state index is 0.00798. The van der Waals surface area contributed by atoms with Gasteiger partial charge in [0.05, 0.1) is 19.1 Å². The van der Waals surface area contributed by atoms with Crippen LogP contribution in [0.4, 0.5) is 0 Å². The van der Waals surface area contributed by atoms with Crippen LogP contribution in [0.5, 0.6) is 5.75 Å². The quantitative estimate of drug-likeness (QED) is 0.172. The van der Waals surface area contributed by atoms with E-state index >= 15 is 0 Å². The number of hydrogen-bond acceptors (Lipinski definition) is 4. The lowest BCUT2D eigenvalue weighted by Gasteiger charge is -2.25. The van der Waals surface area contributed by atoms with Gasteiger partial charge in [0, 0.05) is 6.54 Å². The van der Waals surface area contributed by atoms with Crippen molar-refractivity contribution in [1.29, 1.82) is 0 Å². The summed E-state index contributed by atoms with van der Waals surface area (Å²) >= 11 is 0. The summed E-state index contributed by atoms with van der Waals surface area (Å²) in [6, 6.07) is 25.5. The minimum Gasteiger partial charge on any atom is -0.497 e. The summed E-state index contributed by atoms with van der Waals surface area (Å²) in [5.74, 6) is -0.362. The predicted molar refractivity (Wildman–Crippen MR) is 146 cm³/mol. The summed E-state index contributed by atoms with van der Waals surface area (Å²) < 4.78 is 5.22. The standard InChI is InChI=1S/C29H35N5O3/c1-20(21-15-17-24(37-2)18-16-21)33-27(35)25(14-9-19-32-29(30)31)34-28(36)26(22-10-5-3-6-11-22)23-12-7-4-8-13-23/h3-8,10-13,15-18,20,25-26H,9,14,19H2,1-2H3,(H,33,35)(H,34,36)(H4,30,31,32)/t20-,25-/m1/s1. The van der Waals surface area contributed by atoms with Gasteiger partial charge in [-0.15, -0.1) is 0 Å². The van der Waals surface area contributed by atoms with E-state index in [0.29, 0.717) is 19.4 Å². The van der Waals surface area contributed by atoms with Gasteiger partial charge >= 0.3 is 0 Å². The maximum absolute atomic E-state index is 13.7. The Morgan fingerprint density at radius 1 is 0.811 bits per heavy atom. The molecule has 0 fully saturated rings. The fourth-order valence-corrected chi connectivity index (χ4v) is 4.10. The Morgan fingerprint density at radius 3 is 1.89 bits per heavy atom. The first-order chi connectivity index (χ1) is 17.9. The molecule has 2 amide bonds. The van der Waals surface area contributed by atoms with Crippen molar-refractivity contribution in [2.45, 2.75) is 37.8 Å². The van der Waals surface area contributed by atoms with Gasteiger partial charge in [0.15, 0.2) is 5.96 Å². The van der Waals surface area contributed by atoms with E-state index in [2.05, 4.69) is 15.6 Å². The van der Waals surface area contributed by atoms with Crippen LogP contribution >= 0.6 is 0 Å². The van der Waals surface area contributed by atoms with Gasteiger partial charge in [0.2, 0.25) is 11.8 Å². The number of carbonyl (C=O) groups excluding carboxylic acids is 2. The SMILES string of the molecule is COc1ccc([C@@H](C)NC(=O)[C@@H](CCCN=C(N)N)NC(=O)C(c2ccccc2)c2ccccc2)cc1. The molecule has 0 spiro atoms. The number of aliphatic imine (C=N–C) groups is 1. The van der Waals surface area contributed by atoms with E-state index in [1.165, 1.54) is 0 Å². The molecule has 0 aliphatic heterocycles. The van der Waals surface area contributed by atoms with Crippen LogP contribution in [0.3, 0.4) is 0 Å². The summed E-state index contributed by atoms with van der Waals surface area (Å²) in [6.45, 7) is 2.26. The van der Waals surface area contributed by atoms with Gasteiger partial charge in [-0.2, -0.15) is 0 Å². The number of rotatable bonds is 12. The second-order valence-corrected chi connectivity index (χ2v) is 8.77. The highest BCUT2D eigenvalue weighted by Crippen LogP contribution is 2.25. The fourth-order valence-electron chi connectivity index (χ4n) is 4.10. The minimum atomic E-state index is -0.766. The first-order valence-corrected chi connectivity index (χ1v) is 12.3. The Kier molecular flexibility index (Phi) is 10.1. The Morgan fingerprint density at radius 2 is 1.38 bits per heavy atom. The van der Waals surface area contributed by atoms with Crippen LogP contribution in [-0.2, 0) is 9.59 Å². The summed E-state index contributed by atoms with van der Waals surface area (Å²) in [7, 11) is 1.61. The molecule has 0 aliphatic carbocycles. The molecule has 0 heterocycles. The zero-order valence-corrected chi connectivity index (χ0v) is 21.3. The van der Waals surface area contributed by atoms with Gasteiger partial charge in [-0.3, -0.25) is 14.6 Å². The molecule has 0 aliphatic rings. The average Bonchev–Trinajstić information content (AvgIpc) is 2.91. The molecule has 0 saturated carbocycles. The molecule has 3 aromatic rings. The first-order valence-electron chi connectivity index (χ1n) is 12.3. The van der Waals surface area contributed by atoms with Gasteiger partial charge in [-0.25, -0.2) is 0 Å². The van der Waals surface area contributed by atoms with E-state index < -0.39 is 12.0 Å². The number of nitrogens with zero attached hydrogens (tertiary/aromatic N) is 1. The van der Waals surface area contributed by atoms with Gasteiger partial charge in [0.1, 0.15) is 11.8 Å². The molecule has 0 radical (unpaired) electrons. The second-order valence-electron chi connectivity index (χ2n) is 8.77. The average molecular weight is 502 g/mol. The molecule has 8 heteroatoms. The molecule has 37 heavy (non-hydrogen) atoms. The van der Waals surface area contributed by atoms with E-state index in [1.54, 1.807) is 7.11 Å². The number of methoxy groups -OCH3 is 1. The predicted octanol–water partition coefficient (Wildman–Crippen LogP) is 3.24. The molecule has 6 N–H and O–H groups in total. The maximum atomic E-state index is 13.7. The number of nitrogens with one attached hydrogen (secondary N) is 2. The number of hydrogen-bond donors (Lipinski definition) is 4. The van der Waals surface area contributed by atoms with Crippen LogP contribution in [0.15, 0.2) is 89.9 Å². The highest BCUT2D eigenvalue weighted by Gasteiger charge is 2.28. The normalized spacial score (nSPS) is 12.3. The van der Waals surface area contributed by atoms with Crippen molar-refractivity contribution in [2.75, 3.05) is 13.7 Å². The van der Waals surface area contributed by atoms with E-state index in [4.69, 9.17) is 16.2 Å². The summed E-state index contributed by atoms with van der Waals surface area (Å²) in [5, 5.41) is 6.02. The van der Waals surface area contributed by atoms with Crippen molar-refractivity contribution >= 4 is 17.8 Å². The van der Waals surface area contributed by atoms with E-state index in [9.17, 15) is 9.59 Å². The topological polar surface area (TPSA) is 132 Å². The number of ether oxygens (including phenoxy) is 1. The lowest BCUT2D eigenvalue weighted by Crippen LogP contribution is -2.48. The highest BCUT2D eigenvalue weighted by atomic mass is 16.5. The van der Waals surface area contributed by atoms with Gasteiger partial charge < -0.3 is 26.8 Å². The van der Waals surface area contributed by atoms with Crippen molar-refractivity contribution in [2.24, 2.45) is 16.5 Å². The van der Waals surface area contributed by atoms with Crippen LogP contribution in [0.25, 0.3) is 0 Å². The van der Waals surface area contributed by atoms with Crippen molar-refractivity contribution in [3.63, 3.8) is 0 Å². The molecule has 3 rings (SSSR count). The smallest absolute Gasteiger partial charge is 0.243 e. The zero-order chi connectivity index (χ0) is 26.6. The Bertz CT molecular complexity index is 1120. The lowest BCUT2D eigenvalue weighted by molar-refractivity contribution is -0.129. The van der Waals surface area contributed by atoms with Crippen LogP contribution in [0, 0.1) is 0 Å². The highest BCUT2D eigenvalue weighted by molar-refractivity contribution is 5.92. The first kappa shape index (κ1) is 27.3. The van der Waals surface area contributed by atoms with Crippen LogP contribution in [-0.4, -0.2) is 37.5 Å². The number of guanidine groups is 1. The molecule has 0 aromatic heterocycles. The largest absolute Gasteiger partial charge is 0.497 e. The molecule has 194 valence electrons. The lowest BCUT2D eigenvalue weighted by atomic mass is 9.90. The number of carbonyl (C=O) groups is 2. The van der Waals surface area contributed by atoms with E-state index in [-0.39, 0.29) is 23.8 Å².